The van der Waals surface area contributed by atoms with Crippen LogP contribution >= 0.6 is 0 Å². The Morgan fingerprint density at radius 2 is 2.21 bits per heavy atom. The van der Waals surface area contributed by atoms with Crippen LogP contribution in [0, 0.1) is 5.82 Å². The van der Waals surface area contributed by atoms with E-state index in [1.54, 1.807) is 12.1 Å². The van der Waals surface area contributed by atoms with Gasteiger partial charge >= 0.3 is 0 Å². The van der Waals surface area contributed by atoms with Crippen molar-refractivity contribution in [3.05, 3.63) is 36.1 Å². The van der Waals surface area contributed by atoms with Crippen molar-refractivity contribution in [1.29, 1.82) is 0 Å². The van der Waals surface area contributed by atoms with E-state index in [1.165, 1.54) is 19.6 Å². The molecule has 2 rings (SSSR count). The zero-order valence-corrected chi connectivity index (χ0v) is 11.2. The fourth-order valence-corrected chi connectivity index (χ4v) is 1.79. The Balaban J connectivity index is 2.40. The van der Waals surface area contributed by atoms with E-state index in [0.29, 0.717) is 35.4 Å². The highest BCUT2D eigenvalue weighted by Gasteiger charge is 2.19. The average Bonchev–Trinajstić information content (AvgIpc) is 2.83. The van der Waals surface area contributed by atoms with Gasteiger partial charge in [-0.2, -0.15) is 0 Å². The summed E-state index contributed by atoms with van der Waals surface area (Å²) in [5, 5.41) is 3.23. The van der Waals surface area contributed by atoms with Crippen molar-refractivity contribution in [3.63, 3.8) is 0 Å². The van der Waals surface area contributed by atoms with E-state index in [2.05, 4.69) is 10.3 Å². The molecule has 1 aromatic carbocycles. The van der Waals surface area contributed by atoms with Crippen LogP contribution in [-0.2, 0) is 6.54 Å². The second kappa shape index (κ2) is 5.84. The van der Waals surface area contributed by atoms with Gasteiger partial charge in [0.1, 0.15) is 17.3 Å². The molecule has 0 atom stereocenters. The topological polar surface area (TPSA) is 47.3 Å². The first kappa shape index (κ1) is 13.5. The second-order valence-corrected chi connectivity index (χ2v) is 4.48. The van der Waals surface area contributed by atoms with Crippen molar-refractivity contribution in [2.45, 2.75) is 26.4 Å². The maximum absolute atomic E-state index is 14.0. The van der Waals surface area contributed by atoms with Gasteiger partial charge in [-0.3, -0.25) is 0 Å². The molecule has 5 heteroatoms. The first-order valence-electron chi connectivity index (χ1n) is 6.12. The van der Waals surface area contributed by atoms with Gasteiger partial charge < -0.3 is 14.5 Å². The maximum Gasteiger partial charge on any atom is 0.181 e. The Morgan fingerprint density at radius 3 is 2.89 bits per heavy atom. The van der Waals surface area contributed by atoms with Gasteiger partial charge in [0.2, 0.25) is 0 Å². The number of nitrogens with zero attached hydrogens (tertiary/aromatic N) is 1. The van der Waals surface area contributed by atoms with Gasteiger partial charge in [-0.1, -0.05) is 19.9 Å². The third kappa shape index (κ3) is 2.93. The molecule has 1 aromatic heterocycles. The number of benzene rings is 1. The molecule has 1 heterocycles. The summed E-state index contributed by atoms with van der Waals surface area (Å²) < 4.78 is 24.5. The first-order valence-corrected chi connectivity index (χ1v) is 6.12. The number of methoxy groups -OCH3 is 1. The predicted molar refractivity (Wildman–Crippen MR) is 70.4 cm³/mol. The summed E-state index contributed by atoms with van der Waals surface area (Å²) in [5.41, 5.74) is 0.972. The molecule has 0 saturated heterocycles. The largest absolute Gasteiger partial charge is 0.496 e. The second-order valence-electron chi connectivity index (χ2n) is 4.48. The lowest BCUT2D eigenvalue weighted by molar-refractivity contribution is 0.411. The highest BCUT2D eigenvalue weighted by atomic mass is 19.1. The van der Waals surface area contributed by atoms with Crippen LogP contribution in [0.3, 0.4) is 0 Å². The smallest absolute Gasteiger partial charge is 0.181 e. The van der Waals surface area contributed by atoms with Gasteiger partial charge in [0, 0.05) is 12.6 Å². The minimum atomic E-state index is -0.387. The lowest BCUT2D eigenvalue weighted by Gasteiger charge is -2.10. The van der Waals surface area contributed by atoms with Crippen LogP contribution in [0.15, 0.2) is 29.0 Å². The highest BCUT2D eigenvalue weighted by Crippen LogP contribution is 2.34. The Morgan fingerprint density at radius 1 is 1.42 bits per heavy atom. The Bertz CT molecular complexity index is 552. The number of halogens is 1. The standard InChI is InChI=1S/C14H17FN2O2/c1-9(2)16-7-11-14(19-8-17-11)13-10(15)5-4-6-12(13)18-3/h4-6,8-9,16H,7H2,1-3H3. The lowest BCUT2D eigenvalue weighted by atomic mass is 10.1. The van der Waals surface area contributed by atoms with E-state index in [1.807, 2.05) is 13.8 Å². The number of rotatable bonds is 5. The SMILES string of the molecule is COc1cccc(F)c1-c1ocnc1CNC(C)C. The monoisotopic (exact) mass is 264 g/mol. The minimum absolute atomic E-state index is 0.308. The quantitative estimate of drug-likeness (QED) is 0.901. The maximum atomic E-state index is 14.0. The molecule has 0 radical (unpaired) electrons. The zero-order valence-electron chi connectivity index (χ0n) is 11.2. The molecule has 1 N–H and O–H groups in total. The third-order valence-corrected chi connectivity index (χ3v) is 2.74. The summed E-state index contributed by atoms with van der Waals surface area (Å²) in [6, 6.07) is 4.98. The van der Waals surface area contributed by atoms with E-state index in [4.69, 9.17) is 9.15 Å². The van der Waals surface area contributed by atoms with Crippen molar-refractivity contribution >= 4 is 0 Å². The van der Waals surface area contributed by atoms with Gasteiger partial charge in [0.15, 0.2) is 12.2 Å². The molecule has 19 heavy (non-hydrogen) atoms. The van der Waals surface area contributed by atoms with Gasteiger partial charge in [-0.25, -0.2) is 9.37 Å². The number of oxazole rings is 1. The molecule has 0 fully saturated rings. The van der Waals surface area contributed by atoms with E-state index < -0.39 is 0 Å². The Hall–Kier alpha value is -1.88. The predicted octanol–water partition coefficient (Wildman–Crippen LogP) is 2.99. The fourth-order valence-electron chi connectivity index (χ4n) is 1.79. The van der Waals surface area contributed by atoms with E-state index >= 15 is 0 Å². The molecule has 0 bridgehead atoms. The van der Waals surface area contributed by atoms with Gasteiger partial charge in [-0.05, 0) is 12.1 Å². The van der Waals surface area contributed by atoms with Crippen LogP contribution in [-0.4, -0.2) is 18.1 Å². The van der Waals surface area contributed by atoms with E-state index in [-0.39, 0.29) is 5.82 Å². The Kier molecular flexibility index (Phi) is 4.16. The molecule has 102 valence electrons. The lowest BCUT2D eigenvalue weighted by Crippen LogP contribution is -2.22. The zero-order chi connectivity index (χ0) is 13.8. The summed E-state index contributed by atoms with van der Waals surface area (Å²) in [6.07, 6.45) is 1.32. The van der Waals surface area contributed by atoms with E-state index in [0.717, 1.165) is 0 Å². The first-order chi connectivity index (χ1) is 9.13. The van der Waals surface area contributed by atoms with Crippen LogP contribution in [0.2, 0.25) is 0 Å². The molecule has 0 unspecified atom stereocenters. The molecule has 0 saturated carbocycles. The van der Waals surface area contributed by atoms with Crippen LogP contribution in [0.25, 0.3) is 11.3 Å². The number of hydrogen-bond acceptors (Lipinski definition) is 4. The van der Waals surface area contributed by atoms with Crippen molar-refractivity contribution in [1.82, 2.24) is 10.3 Å². The summed E-state index contributed by atoms with van der Waals surface area (Å²) in [5.74, 6) is 0.451. The molecule has 2 aromatic rings. The molecule has 0 aliphatic rings. The number of aromatic nitrogens is 1. The summed E-state index contributed by atoms with van der Waals surface area (Å²) in [6.45, 7) is 4.58. The van der Waals surface area contributed by atoms with Gasteiger partial charge in [-0.15, -0.1) is 0 Å². The number of nitrogens with one attached hydrogen (secondary N) is 1. The normalized spacial score (nSPS) is 11.0. The van der Waals surface area contributed by atoms with Crippen molar-refractivity contribution in [3.8, 4) is 17.1 Å². The van der Waals surface area contributed by atoms with Crippen molar-refractivity contribution in [2.24, 2.45) is 0 Å². The van der Waals surface area contributed by atoms with E-state index in [9.17, 15) is 4.39 Å². The molecule has 0 aliphatic heterocycles. The minimum Gasteiger partial charge on any atom is -0.496 e. The van der Waals surface area contributed by atoms with Crippen LogP contribution in [0.5, 0.6) is 5.75 Å². The van der Waals surface area contributed by atoms with Crippen LogP contribution < -0.4 is 10.1 Å². The van der Waals surface area contributed by atoms with Gasteiger partial charge in [0.25, 0.3) is 0 Å². The van der Waals surface area contributed by atoms with Crippen molar-refractivity contribution < 1.29 is 13.5 Å². The number of ether oxygens (including phenoxy) is 1. The highest BCUT2D eigenvalue weighted by molar-refractivity contribution is 5.68. The molecular formula is C14H17FN2O2. The molecule has 0 spiro atoms. The Labute approximate surface area is 111 Å². The average molecular weight is 264 g/mol. The van der Waals surface area contributed by atoms with Crippen LogP contribution in [0.1, 0.15) is 19.5 Å². The third-order valence-electron chi connectivity index (χ3n) is 2.74. The molecule has 0 aliphatic carbocycles. The fraction of sp³-hybridized carbons (Fsp3) is 0.357. The van der Waals surface area contributed by atoms with Crippen molar-refractivity contribution in [2.75, 3.05) is 7.11 Å². The molecule has 4 nitrogen and oxygen atoms in total. The summed E-state index contributed by atoms with van der Waals surface area (Å²) >= 11 is 0. The van der Waals surface area contributed by atoms with Crippen LogP contribution in [0.4, 0.5) is 4.39 Å². The van der Waals surface area contributed by atoms with Gasteiger partial charge in [0.05, 0.1) is 12.7 Å². The summed E-state index contributed by atoms with van der Waals surface area (Å²) in [7, 11) is 1.50. The molecule has 0 amide bonds. The molecular weight excluding hydrogens is 247 g/mol. The summed E-state index contributed by atoms with van der Waals surface area (Å²) in [4.78, 5) is 4.13. The number of hydrogen-bond donors (Lipinski definition) is 1.